The quantitative estimate of drug-likeness (QED) is 0.813. The van der Waals surface area contributed by atoms with E-state index in [1.807, 2.05) is 25.1 Å². The number of nitrogens with one attached hydrogen (secondary N) is 1. The lowest BCUT2D eigenvalue weighted by Crippen LogP contribution is -2.49. The highest BCUT2D eigenvalue weighted by Crippen LogP contribution is 2.28. The third-order valence-corrected chi connectivity index (χ3v) is 4.65. The molecule has 0 radical (unpaired) electrons. The summed E-state index contributed by atoms with van der Waals surface area (Å²) in [5, 5.41) is 2.90. The Hall–Kier alpha value is -2.60. The van der Waals surface area contributed by atoms with Gasteiger partial charge in [0.15, 0.2) is 0 Å². The third kappa shape index (κ3) is 5.44. The van der Waals surface area contributed by atoms with Gasteiger partial charge >= 0.3 is 0 Å². The van der Waals surface area contributed by atoms with Gasteiger partial charge in [0.25, 0.3) is 0 Å². The van der Waals surface area contributed by atoms with Gasteiger partial charge in [0.05, 0.1) is 18.8 Å². The van der Waals surface area contributed by atoms with Gasteiger partial charge in [-0.15, -0.1) is 0 Å². The van der Waals surface area contributed by atoms with Crippen LogP contribution in [0.4, 0.5) is 10.1 Å². The minimum atomic E-state index is -0.270. The Morgan fingerprint density at radius 1 is 1.07 bits per heavy atom. The van der Waals surface area contributed by atoms with Crippen molar-refractivity contribution in [2.75, 3.05) is 44.2 Å². The van der Waals surface area contributed by atoms with E-state index >= 15 is 0 Å². The Morgan fingerprint density at radius 3 is 2.48 bits per heavy atom. The number of carbonyl (C=O) groups is 1. The number of amides is 1. The SMILES string of the molecule is CCOc1ccccc1N1CCN(CC(=O)NCc2ccc(F)cc2)CC1. The van der Waals surface area contributed by atoms with E-state index in [4.69, 9.17) is 4.74 Å². The van der Waals surface area contributed by atoms with E-state index in [-0.39, 0.29) is 11.7 Å². The fourth-order valence-electron chi connectivity index (χ4n) is 3.20. The van der Waals surface area contributed by atoms with Gasteiger partial charge in [0.2, 0.25) is 5.91 Å². The number of benzene rings is 2. The monoisotopic (exact) mass is 371 g/mol. The predicted molar refractivity (Wildman–Crippen MR) is 105 cm³/mol. The zero-order valence-electron chi connectivity index (χ0n) is 15.7. The van der Waals surface area contributed by atoms with Crippen LogP contribution >= 0.6 is 0 Å². The highest BCUT2D eigenvalue weighted by Gasteiger charge is 2.21. The standard InChI is InChI=1S/C21H26FN3O2/c1-2-27-20-6-4-3-5-19(20)25-13-11-24(12-14-25)16-21(26)23-15-17-7-9-18(22)10-8-17/h3-10H,2,11-16H2,1H3,(H,23,26). The summed E-state index contributed by atoms with van der Waals surface area (Å²) in [6, 6.07) is 14.3. The van der Waals surface area contributed by atoms with Crippen LogP contribution in [-0.4, -0.2) is 50.1 Å². The number of piperazine rings is 1. The summed E-state index contributed by atoms with van der Waals surface area (Å²) in [7, 11) is 0. The molecule has 144 valence electrons. The topological polar surface area (TPSA) is 44.8 Å². The van der Waals surface area contributed by atoms with Crippen molar-refractivity contribution < 1.29 is 13.9 Å². The maximum absolute atomic E-state index is 12.9. The van der Waals surface area contributed by atoms with Crippen LogP contribution in [0, 0.1) is 5.82 Å². The first-order valence-corrected chi connectivity index (χ1v) is 9.36. The minimum Gasteiger partial charge on any atom is -0.492 e. The van der Waals surface area contributed by atoms with Gasteiger partial charge in [-0.3, -0.25) is 9.69 Å². The Morgan fingerprint density at radius 2 is 1.78 bits per heavy atom. The number of nitrogens with zero attached hydrogens (tertiary/aromatic N) is 2. The summed E-state index contributed by atoms with van der Waals surface area (Å²) in [4.78, 5) is 16.6. The van der Waals surface area contributed by atoms with E-state index in [0.29, 0.717) is 19.7 Å². The number of anilines is 1. The molecule has 1 heterocycles. The Kier molecular flexibility index (Phi) is 6.65. The first kappa shape index (κ1) is 19.2. The molecule has 1 saturated heterocycles. The smallest absolute Gasteiger partial charge is 0.234 e. The number of rotatable bonds is 7. The van der Waals surface area contributed by atoms with Crippen LogP contribution in [-0.2, 0) is 11.3 Å². The van der Waals surface area contributed by atoms with Gasteiger partial charge in [-0.2, -0.15) is 0 Å². The fraction of sp³-hybridized carbons (Fsp3) is 0.381. The molecule has 1 N–H and O–H groups in total. The molecule has 0 aliphatic carbocycles. The largest absolute Gasteiger partial charge is 0.492 e. The number of hydrogen-bond donors (Lipinski definition) is 1. The first-order chi connectivity index (χ1) is 13.2. The molecule has 2 aromatic carbocycles. The molecule has 0 atom stereocenters. The van der Waals surface area contributed by atoms with E-state index in [9.17, 15) is 9.18 Å². The molecule has 1 fully saturated rings. The van der Waals surface area contributed by atoms with Crippen LogP contribution in [0.5, 0.6) is 5.75 Å². The van der Waals surface area contributed by atoms with Crippen molar-refractivity contribution >= 4 is 11.6 Å². The maximum Gasteiger partial charge on any atom is 0.234 e. The normalized spacial score (nSPS) is 14.8. The van der Waals surface area contributed by atoms with Crippen LogP contribution in [0.1, 0.15) is 12.5 Å². The lowest BCUT2D eigenvalue weighted by atomic mass is 10.2. The van der Waals surface area contributed by atoms with Crippen molar-refractivity contribution in [2.24, 2.45) is 0 Å². The molecule has 27 heavy (non-hydrogen) atoms. The molecule has 1 aliphatic heterocycles. The molecule has 0 bridgehead atoms. The van der Waals surface area contributed by atoms with E-state index in [1.165, 1.54) is 12.1 Å². The highest BCUT2D eigenvalue weighted by molar-refractivity contribution is 5.78. The number of hydrogen-bond acceptors (Lipinski definition) is 4. The summed E-state index contributed by atoms with van der Waals surface area (Å²) in [6.45, 7) is 6.78. The summed E-state index contributed by atoms with van der Waals surface area (Å²) >= 11 is 0. The number of para-hydroxylation sites is 2. The molecule has 6 heteroatoms. The van der Waals surface area contributed by atoms with E-state index < -0.39 is 0 Å². The first-order valence-electron chi connectivity index (χ1n) is 9.36. The van der Waals surface area contributed by atoms with Crippen LogP contribution in [0.3, 0.4) is 0 Å². The molecule has 2 aromatic rings. The number of carbonyl (C=O) groups excluding carboxylic acids is 1. The molecular formula is C21H26FN3O2. The predicted octanol–water partition coefficient (Wildman–Crippen LogP) is 2.66. The molecule has 0 unspecified atom stereocenters. The summed E-state index contributed by atoms with van der Waals surface area (Å²) in [5.41, 5.74) is 2.00. The number of ether oxygens (including phenoxy) is 1. The molecule has 0 saturated carbocycles. The van der Waals surface area contributed by atoms with E-state index in [2.05, 4.69) is 21.2 Å². The van der Waals surface area contributed by atoms with Crippen molar-refractivity contribution in [1.82, 2.24) is 10.2 Å². The zero-order chi connectivity index (χ0) is 19.1. The lowest BCUT2D eigenvalue weighted by molar-refractivity contribution is -0.122. The second-order valence-corrected chi connectivity index (χ2v) is 6.57. The number of halogens is 1. The van der Waals surface area contributed by atoms with Gasteiger partial charge in [-0.05, 0) is 36.8 Å². The summed E-state index contributed by atoms with van der Waals surface area (Å²) in [6.07, 6.45) is 0. The van der Waals surface area contributed by atoms with Crippen LogP contribution < -0.4 is 15.0 Å². The molecule has 3 rings (SSSR count). The van der Waals surface area contributed by atoms with Gasteiger partial charge in [0, 0.05) is 32.7 Å². The van der Waals surface area contributed by atoms with Crippen LogP contribution in [0.25, 0.3) is 0 Å². The van der Waals surface area contributed by atoms with Gasteiger partial charge in [-0.25, -0.2) is 4.39 Å². The van der Waals surface area contributed by atoms with E-state index in [1.54, 1.807) is 12.1 Å². The average molecular weight is 371 g/mol. The third-order valence-electron chi connectivity index (χ3n) is 4.65. The molecule has 0 spiro atoms. The second kappa shape index (κ2) is 9.37. The molecule has 1 aliphatic rings. The zero-order valence-corrected chi connectivity index (χ0v) is 15.7. The van der Waals surface area contributed by atoms with Crippen molar-refractivity contribution in [1.29, 1.82) is 0 Å². The summed E-state index contributed by atoms with van der Waals surface area (Å²) < 4.78 is 18.6. The van der Waals surface area contributed by atoms with Crippen molar-refractivity contribution in [2.45, 2.75) is 13.5 Å². The van der Waals surface area contributed by atoms with Crippen molar-refractivity contribution in [3.05, 3.63) is 59.9 Å². The minimum absolute atomic E-state index is 0.0116. The van der Waals surface area contributed by atoms with Crippen molar-refractivity contribution in [3.8, 4) is 5.75 Å². The maximum atomic E-state index is 12.9. The molecule has 1 amide bonds. The van der Waals surface area contributed by atoms with Crippen molar-refractivity contribution in [3.63, 3.8) is 0 Å². The van der Waals surface area contributed by atoms with Gasteiger partial charge in [0.1, 0.15) is 11.6 Å². The molecule has 5 nitrogen and oxygen atoms in total. The summed E-state index contributed by atoms with van der Waals surface area (Å²) in [5.74, 6) is 0.627. The molecular weight excluding hydrogens is 345 g/mol. The second-order valence-electron chi connectivity index (χ2n) is 6.57. The lowest BCUT2D eigenvalue weighted by Gasteiger charge is -2.36. The Balaban J connectivity index is 1.45. The van der Waals surface area contributed by atoms with Crippen LogP contribution in [0.2, 0.25) is 0 Å². The van der Waals surface area contributed by atoms with Crippen LogP contribution in [0.15, 0.2) is 48.5 Å². The molecule has 0 aromatic heterocycles. The Labute approximate surface area is 159 Å². The fourth-order valence-corrected chi connectivity index (χ4v) is 3.20. The average Bonchev–Trinajstić information content (AvgIpc) is 2.69. The highest BCUT2D eigenvalue weighted by atomic mass is 19.1. The van der Waals surface area contributed by atoms with Gasteiger partial charge < -0.3 is 15.0 Å². The Bertz CT molecular complexity index is 743. The van der Waals surface area contributed by atoms with Gasteiger partial charge in [-0.1, -0.05) is 24.3 Å². The van der Waals surface area contributed by atoms with E-state index in [0.717, 1.165) is 43.2 Å².